The highest BCUT2D eigenvalue weighted by molar-refractivity contribution is 5.92. The first-order valence-electron chi connectivity index (χ1n) is 13.8. The first-order chi connectivity index (χ1) is 19.9. The van der Waals surface area contributed by atoms with E-state index in [0.717, 1.165) is 22.2 Å². The third kappa shape index (κ3) is 6.82. The number of carbonyl (C=O) groups excluding carboxylic acids is 2. The largest absolute Gasteiger partial charge is 0.465 e. The molecule has 2 heterocycles. The maximum absolute atomic E-state index is 15.2. The predicted molar refractivity (Wildman–Crippen MR) is 153 cm³/mol. The average Bonchev–Trinajstić information content (AvgIpc) is 2.96. The van der Waals surface area contributed by atoms with Gasteiger partial charge in [0.05, 0.1) is 36.8 Å². The van der Waals surface area contributed by atoms with Crippen LogP contribution >= 0.6 is 0 Å². The lowest BCUT2D eigenvalue weighted by Crippen LogP contribution is -2.63. The molecule has 1 saturated heterocycles. The fourth-order valence-corrected chi connectivity index (χ4v) is 5.42. The number of nitrogens with one attached hydrogen (secondary N) is 1. The van der Waals surface area contributed by atoms with E-state index in [4.69, 9.17) is 4.74 Å². The minimum Gasteiger partial charge on any atom is -0.465 e. The molecule has 2 aromatic carbocycles. The minimum absolute atomic E-state index is 0.0152. The van der Waals surface area contributed by atoms with Gasteiger partial charge >= 0.3 is 6.09 Å². The highest BCUT2D eigenvalue weighted by atomic mass is 19.1. The van der Waals surface area contributed by atoms with Crippen molar-refractivity contribution in [3.05, 3.63) is 95.3 Å². The van der Waals surface area contributed by atoms with Crippen molar-refractivity contribution in [3.8, 4) is 0 Å². The van der Waals surface area contributed by atoms with Crippen LogP contribution in [0.2, 0.25) is 0 Å². The van der Waals surface area contributed by atoms with E-state index < -0.39 is 29.0 Å². The van der Waals surface area contributed by atoms with Crippen LogP contribution in [0.3, 0.4) is 0 Å². The van der Waals surface area contributed by atoms with Crippen molar-refractivity contribution in [2.24, 2.45) is 5.41 Å². The van der Waals surface area contributed by atoms with Crippen LogP contribution < -0.4 is 5.32 Å². The lowest BCUT2D eigenvalue weighted by molar-refractivity contribution is -0.179. The number of hydrogen-bond acceptors (Lipinski definition) is 5. The van der Waals surface area contributed by atoms with Crippen LogP contribution in [-0.4, -0.2) is 58.1 Å². The molecule has 2 N–H and O–H groups in total. The summed E-state index contributed by atoms with van der Waals surface area (Å²) in [6.45, 7) is 5.52. The van der Waals surface area contributed by atoms with Crippen LogP contribution in [0.25, 0.3) is 0 Å². The molecule has 0 radical (unpaired) electrons. The summed E-state index contributed by atoms with van der Waals surface area (Å²) in [7, 11) is 0. The number of carbonyl (C=O) groups is 3. The van der Waals surface area contributed by atoms with Gasteiger partial charge in [-0.25, -0.2) is 13.6 Å². The van der Waals surface area contributed by atoms with Crippen LogP contribution in [-0.2, 0) is 20.7 Å². The van der Waals surface area contributed by atoms with Gasteiger partial charge < -0.3 is 20.0 Å². The van der Waals surface area contributed by atoms with Crippen LogP contribution in [0.5, 0.6) is 0 Å². The highest BCUT2D eigenvalue weighted by Crippen LogP contribution is 2.42. The lowest BCUT2D eigenvalue weighted by Gasteiger charge is -2.51. The second kappa shape index (κ2) is 12.8. The van der Waals surface area contributed by atoms with Gasteiger partial charge in [-0.15, -0.1) is 0 Å². The molecular weight excluding hydrogens is 544 g/mol. The molecule has 3 atom stereocenters. The lowest BCUT2D eigenvalue weighted by atomic mass is 9.71. The van der Waals surface area contributed by atoms with Gasteiger partial charge in [0.15, 0.2) is 0 Å². The molecule has 0 bridgehead atoms. The summed E-state index contributed by atoms with van der Waals surface area (Å²) in [5.41, 5.74) is 0.445. The van der Waals surface area contributed by atoms with E-state index in [1.54, 1.807) is 12.1 Å². The van der Waals surface area contributed by atoms with Gasteiger partial charge in [-0.3, -0.25) is 14.7 Å². The normalized spacial score (nSPS) is 19.6. The number of aromatic nitrogens is 1. The fourth-order valence-electron chi connectivity index (χ4n) is 5.42. The van der Waals surface area contributed by atoms with E-state index >= 15 is 4.39 Å². The highest BCUT2D eigenvalue weighted by Gasteiger charge is 2.49. The van der Waals surface area contributed by atoms with Crippen LogP contribution in [0, 0.1) is 17.0 Å². The Hall–Kier alpha value is -4.18. The molecule has 222 valence electrons. The molecule has 1 fully saturated rings. The van der Waals surface area contributed by atoms with Crippen LogP contribution in [0.1, 0.15) is 56.2 Å². The van der Waals surface area contributed by atoms with Crippen molar-refractivity contribution >= 4 is 24.0 Å². The van der Waals surface area contributed by atoms with Crippen molar-refractivity contribution in [2.75, 3.05) is 18.5 Å². The number of amides is 2. The van der Waals surface area contributed by atoms with Crippen LogP contribution in [0.15, 0.2) is 67.0 Å². The maximum Gasteiger partial charge on any atom is 0.408 e. The summed E-state index contributed by atoms with van der Waals surface area (Å²) in [6.07, 6.45) is 2.10. The van der Waals surface area contributed by atoms with Crippen molar-refractivity contribution in [1.82, 2.24) is 9.88 Å². The fraction of sp³-hybridized carbons (Fsp3) is 0.375. The summed E-state index contributed by atoms with van der Waals surface area (Å²) in [4.78, 5) is 41.8. The molecule has 1 aliphatic rings. The van der Waals surface area contributed by atoms with E-state index in [0.29, 0.717) is 6.29 Å². The molecule has 3 aromatic rings. The second-order valence-corrected chi connectivity index (χ2v) is 11.6. The van der Waals surface area contributed by atoms with E-state index in [1.165, 1.54) is 18.3 Å². The van der Waals surface area contributed by atoms with Gasteiger partial charge in [-0.1, -0.05) is 63.2 Å². The first-order valence-corrected chi connectivity index (χ1v) is 13.8. The van der Waals surface area contributed by atoms with Crippen molar-refractivity contribution in [2.45, 2.75) is 57.6 Å². The van der Waals surface area contributed by atoms with Gasteiger partial charge in [0.1, 0.15) is 24.0 Å². The smallest absolute Gasteiger partial charge is 0.408 e. The summed E-state index contributed by atoms with van der Waals surface area (Å²) >= 11 is 0. The zero-order valence-electron chi connectivity index (χ0n) is 23.8. The number of rotatable bonds is 9. The van der Waals surface area contributed by atoms with Gasteiger partial charge in [0.25, 0.3) is 0 Å². The molecule has 0 aliphatic carbocycles. The average molecular weight is 580 g/mol. The van der Waals surface area contributed by atoms with Gasteiger partial charge in [-0.05, 0) is 41.5 Å². The Balaban J connectivity index is 1.56. The number of morpholine rings is 1. The van der Waals surface area contributed by atoms with Gasteiger partial charge in [0, 0.05) is 17.9 Å². The molecule has 1 aliphatic heterocycles. The summed E-state index contributed by atoms with van der Waals surface area (Å²) in [5, 5.41) is 12.5. The molecule has 10 heteroatoms. The third-order valence-corrected chi connectivity index (χ3v) is 8.05. The number of anilines is 1. The van der Waals surface area contributed by atoms with Crippen molar-refractivity contribution in [1.29, 1.82) is 0 Å². The standard InChI is InChI=1S/C32H35F2N3O5/c1-31(2,3)32(20-37(30(40)41)24(18-38)19-42-32)14-13-25-27(34)16-35-17-28(25)36-29(39)15-26(21-7-5-4-6-8-21)22-9-11-23(33)12-10-22/h4-12,16-18,24,26H,13-15,19-20H2,1-3H3,(H,36,39)(H,40,41)/t24-,26?,32+/m1/s1. The number of carboxylic acid groups (broad SMARTS) is 1. The van der Waals surface area contributed by atoms with Gasteiger partial charge in [-0.2, -0.15) is 0 Å². The quantitative estimate of drug-likeness (QED) is 0.310. The Kier molecular flexibility index (Phi) is 9.36. The van der Waals surface area contributed by atoms with Crippen LogP contribution in [0.4, 0.5) is 19.3 Å². The molecule has 4 rings (SSSR count). The van der Waals surface area contributed by atoms with Crippen molar-refractivity contribution < 1.29 is 33.0 Å². The Morgan fingerprint density at radius 2 is 1.79 bits per heavy atom. The zero-order chi connectivity index (χ0) is 30.5. The Morgan fingerprint density at radius 1 is 1.12 bits per heavy atom. The molecule has 0 saturated carbocycles. The summed E-state index contributed by atoms with van der Waals surface area (Å²) < 4.78 is 35.0. The first kappa shape index (κ1) is 30.8. The number of nitrogens with zero attached hydrogens (tertiary/aromatic N) is 2. The number of halogens is 2. The zero-order valence-corrected chi connectivity index (χ0v) is 23.8. The Labute approximate surface area is 243 Å². The molecule has 1 unspecified atom stereocenters. The SMILES string of the molecule is CC(C)(C)[C@]1(CCc2c(F)cncc2NC(=O)CC(c2ccccc2)c2ccc(F)cc2)CN(C(=O)O)[C@H](C=O)CO1. The van der Waals surface area contributed by atoms with E-state index in [9.17, 15) is 23.9 Å². The summed E-state index contributed by atoms with van der Waals surface area (Å²) in [6, 6.07) is 14.4. The van der Waals surface area contributed by atoms with E-state index in [2.05, 4.69) is 10.3 Å². The maximum atomic E-state index is 15.2. The predicted octanol–water partition coefficient (Wildman–Crippen LogP) is 5.82. The van der Waals surface area contributed by atoms with E-state index in [-0.39, 0.29) is 61.3 Å². The number of pyridine rings is 1. The molecule has 2 amide bonds. The topological polar surface area (TPSA) is 109 Å². The molecule has 42 heavy (non-hydrogen) atoms. The minimum atomic E-state index is -1.24. The number of ether oxygens (including phenoxy) is 1. The van der Waals surface area contributed by atoms with Gasteiger partial charge in [0.2, 0.25) is 5.91 Å². The Bertz CT molecular complexity index is 1410. The molecule has 1 aromatic heterocycles. The second-order valence-electron chi connectivity index (χ2n) is 11.6. The molecule has 8 nitrogen and oxygen atoms in total. The molecule has 0 spiro atoms. The number of hydrogen-bond donors (Lipinski definition) is 2. The van der Waals surface area contributed by atoms with Crippen molar-refractivity contribution in [3.63, 3.8) is 0 Å². The summed E-state index contributed by atoms with van der Waals surface area (Å²) in [5.74, 6) is -1.75. The monoisotopic (exact) mass is 579 g/mol. The number of aldehydes is 1. The van der Waals surface area contributed by atoms with E-state index in [1.807, 2.05) is 51.1 Å². The number of benzene rings is 2. The molecular formula is C32H35F2N3O5. The Morgan fingerprint density at radius 3 is 2.40 bits per heavy atom. The third-order valence-electron chi connectivity index (χ3n) is 8.05.